The van der Waals surface area contributed by atoms with Crippen LogP contribution in [0.1, 0.15) is 18.9 Å². The van der Waals surface area contributed by atoms with Gasteiger partial charge in [-0.1, -0.05) is 11.6 Å². The quantitative estimate of drug-likeness (QED) is 0.637. The van der Waals surface area contributed by atoms with Crippen LogP contribution in [-0.2, 0) is 9.53 Å². The Morgan fingerprint density at radius 3 is 3.06 bits per heavy atom. The molecule has 0 aliphatic heterocycles. The van der Waals surface area contributed by atoms with Crippen LogP contribution in [0.25, 0.3) is 0 Å². The average molecular weight is 243 g/mol. The fraction of sp³-hybridized carbons (Fsp3) is 0.455. The molecule has 1 heterocycles. The smallest absolute Gasteiger partial charge is 0.226 e. The number of amides is 1. The van der Waals surface area contributed by atoms with Crippen LogP contribution in [0, 0.1) is 6.92 Å². The van der Waals surface area contributed by atoms with Crippen LogP contribution in [-0.4, -0.2) is 24.1 Å². The Kier molecular flexibility index (Phi) is 5.22. The minimum Gasteiger partial charge on any atom is -0.381 e. The molecule has 0 aliphatic rings. The third-order valence-electron chi connectivity index (χ3n) is 1.93. The first-order valence-electron chi connectivity index (χ1n) is 5.13. The number of anilines is 1. The summed E-state index contributed by atoms with van der Waals surface area (Å²) in [5.74, 6) is -0.122. The van der Waals surface area contributed by atoms with Gasteiger partial charge in [0.2, 0.25) is 5.91 Å². The van der Waals surface area contributed by atoms with Crippen molar-refractivity contribution in [2.45, 2.75) is 20.3 Å². The molecule has 1 rings (SSSR count). The third kappa shape index (κ3) is 4.16. The molecular weight excluding hydrogens is 228 g/mol. The lowest BCUT2D eigenvalue weighted by Gasteiger charge is -2.07. The molecule has 0 unspecified atom stereocenters. The number of ether oxygens (including phenoxy) is 1. The minimum absolute atomic E-state index is 0.122. The van der Waals surface area contributed by atoms with E-state index in [0.717, 1.165) is 5.56 Å². The molecule has 88 valence electrons. The molecule has 16 heavy (non-hydrogen) atoms. The first-order valence-corrected chi connectivity index (χ1v) is 5.51. The summed E-state index contributed by atoms with van der Waals surface area (Å²) in [5.41, 5.74) is 1.49. The summed E-state index contributed by atoms with van der Waals surface area (Å²) >= 11 is 5.84. The van der Waals surface area contributed by atoms with E-state index in [0.29, 0.717) is 30.5 Å². The number of pyridine rings is 1. The van der Waals surface area contributed by atoms with Crippen LogP contribution in [0.3, 0.4) is 0 Å². The van der Waals surface area contributed by atoms with E-state index in [2.05, 4.69) is 10.3 Å². The van der Waals surface area contributed by atoms with Crippen molar-refractivity contribution in [2.24, 2.45) is 0 Å². The number of hydrogen-bond donors (Lipinski definition) is 1. The molecule has 0 atom stereocenters. The molecule has 1 aromatic rings. The molecule has 1 aromatic heterocycles. The molecule has 4 nitrogen and oxygen atoms in total. The number of carbonyl (C=O) groups excluding carboxylic acids is 1. The molecule has 0 spiro atoms. The zero-order valence-corrected chi connectivity index (χ0v) is 10.2. The molecule has 5 heteroatoms. The van der Waals surface area contributed by atoms with Crippen LogP contribution in [0.15, 0.2) is 12.3 Å². The molecule has 0 aliphatic carbocycles. The van der Waals surface area contributed by atoms with Gasteiger partial charge in [0.25, 0.3) is 0 Å². The second-order valence-electron chi connectivity index (χ2n) is 3.35. The van der Waals surface area contributed by atoms with Gasteiger partial charge in [-0.3, -0.25) is 4.79 Å². The molecule has 1 amide bonds. The maximum atomic E-state index is 11.5. The zero-order valence-electron chi connectivity index (χ0n) is 9.42. The summed E-state index contributed by atoms with van der Waals surface area (Å²) in [6.45, 7) is 4.80. The molecule has 0 bridgehead atoms. The Labute approximate surface area is 100.0 Å². The molecule has 0 saturated heterocycles. The first kappa shape index (κ1) is 12.9. The number of nitrogens with one attached hydrogen (secondary N) is 1. The summed E-state index contributed by atoms with van der Waals surface area (Å²) < 4.78 is 5.09. The predicted molar refractivity (Wildman–Crippen MR) is 63.7 cm³/mol. The monoisotopic (exact) mass is 242 g/mol. The molecule has 0 fully saturated rings. The van der Waals surface area contributed by atoms with Crippen molar-refractivity contribution in [3.05, 3.63) is 23.0 Å². The van der Waals surface area contributed by atoms with Crippen LogP contribution in [0.2, 0.25) is 5.15 Å². The van der Waals surface area contributed by atoms with Crippen molar-refractivity contribution in [3.8, 4) is 0 Å². The molecule has 0 aromatic carbocycles. The van der Waals surface area contributed by atoms with Crippen molar-refractivity contribution in [2.75, 3.05) is 18.5 Å². The Morgan fingerprint density at radius 1 is 1.62 bits per heavy atom. The zero-order chi connectivity index (χ0) is 12.0. The summed E-state index contributed by atoms with van der Waals surface area (Å²) in [7, 11) is 0. The number of hydrogen-bond acceptors (Lipinski definition) is 3. The van der Waals surface area contributed by atoms with E-state index in [1.807, 2.05) is 13.8 Å². The van der Waals surface area contributed by atoms with E-state index < -0.39 is 0 Å². The van der Waals surface area contributed by atoms with Gasteiger partial charge in [0, 0.05) is 12.8 Å². The number of rotatable bonds is 5. The lowest BCUT2D eigenvalue weighted by molar-refractivity contribution is -0.117. The second kappa shape index (κ2) is 6.45. The van der Waals surface area contributed by atoms with Gasteiger partial charge in [-0.15, -0.1) is 0 Å². The van der Waals surface area contributed by atoms with Crippen molar-refractivity contribution in [3.63, 3.8) is 0 Å². The fourth-order valence-corrected chi connectivity index (χ4v) is 1.31. The highest BCUT2D eigenvalue weighted by Gasteiger charge is 2.06. The highest BCUT2D eigenvalue weighted by atomic mass is 35.5. The van der Waals surface area contributed by atoms with Crippen molar-refractivity contribution < 1.29 is 9.53 Å². The normalized spacial score (nSPS) is 10.2. The molecule has 0 saturated carbocycles. The van der Waals surface area contributed by atoms with Gasteiger partial charge in [0.15, 0.2) is 5.15 Å². The van der Waals surface area contributed by atoms with E-state index in [9.17, 15) is 4.79 Å². The lowest BCUT2D eigenvalue weighted by atomic mass is 10.3. The van der Waals surface area contributed by atoms with E-state index in [4.69, 9.17) is 16.3 Å². The summed E-state index contributed by atoms with van der Waals surface area (Å²) in [5, 5.41) is 3.00. The van der Waals surface area contributed by atoms with Gasteiger partial charge in [-0.25, -0.2) is 4.98 Å². The summed E-state index contributed by atoms with van der Waals surface area (Å²) in [6.07, 6.45) is 1.97. The number of carbonyl (C=O) groups is 1. The van der Waals surface area contributed by atoms with Crippen LogP contribution in [0.5, 0.6) is 0 Å². The van der Waals surface area contributed by atoms with Gasteiger partial charge >= 0.3 is 0 Å². The van der Waals surface area contributed by atoms with Gasteiger partial charge < -0.3 is 10.1 Å². The summed E-state index contributed by atoms with van der Waals surface area (Å²) in [6, 6.07) is 1.79. The Bertz CT molecular complexity index is 369. The molecule has 0 radical (unpaired) electrons. The van der Waals surface area contributed by atoms with Crippen LogP contribution >= 0.6 is 11.6 Å². The molecule has 1 N–H and O–H groups in total. The average Bonchev–Trinajstić information content (AvgIpc) is 2.24. The van der Waals surface area contributed by atoms with E-state index in [1.165, 1.54) is 0 Å². The fourth-order valence-electron chi connectivity index (χ4n) is 1.16. The minimum atomic E-state index is -0.122. The number of nitrogens with zero attached hydrogens (tertiary/aromatic N) is 1. The standard InChI is InChI=1S/C11H15ClN2O2/c1-3-16-5-4-10(15)14-9-6-8(2)7-13-11(9)12/h6-7H,3-5H2,1-2H3,(H,14,15). The first-order chi connectivity index (χ1) is 7.63. The SMILES string of the molecule is CCOCCC(=O)Nc1cc(C)cnc1Cl. The predicted octanol–water partition coefficient (Wildman–Crippen LogP) is 2.41. The summed E-state index contributed by atoms with van der Waals surface area (Å²) in [4.78, 5) is 15.4. The van der Waals surface area contributed by atoms with Crippen molar-refractivity contribution in [1.82, 2.24) is 4.98 Å². The molecular formula is C11H15ClN2O2. The highest BCUT2D eigenvalue weighted by molar-refractivity contribution is 6.32. The van der Waals surface area contributed by atoms with Gasteiger partial charge in [0.05, 0.1) is 18.7 Å². The van der Waals surface area contributed by atoms with Gasteiger partial charge in [-0.05, 0) is 25.5 Å². The van der Waals surface area contributed by atoms with Gasteiger partial charge in [0.1, 0.15) is 0 Å². The van der Waals surface area contributed by atoms with E-state index >= 15 is 0 Å². The van der Waals surface area contributed by atoms with Crippen molar-refractivity contribution >= 4 is 23.2 Å². The van der Waals surface area contributed by atoms with Crippen LogP contribution < -0.4 is 5.32 Å². The van der Waals surface area contributed by atoms with E-state index in [-0.39, 0.29) is 5.91 Å². The number of halogens is 1. The Balaban J connectivity index is 2.52. The third-order valence-corrected chi connectivity index (χ3v) is 2.23. The largest absolute Gasteiger partial charge is 0.381 e. The van der Waals surface area contributed by atoms with Crippen LogP contribution in [0.4, 0.5) is 5.69 Å². The topological polar surface area (TPSA) is 51.2 Å². The maximum Gasteiger partial charge on any atom is 0.226 e. The maximum absolute atomic E-state index is 11.5. The Hall–Kier alpha value is -1.13. The number of aryl methyl sites for hydroxylation is 1. The van der Waals surface area contributed by atoms with E-state index in [1.54, 1.807) is 12.3 Å². The second-order valence-corrected chi connectivity index (χ2v) is 3.70. The Morgan fingerprint density at radius 2 is 2.38 bits per heavy atom. The van der Waals surface area contributed by atoms with Gasteiger partial charge in [-0.2, -0.15) is 0 Å². The lowest BCUT2D eigenvalue weighted by Crippen LogP contribution is -2.14. The number of aromatic nitrogens is 1. The van der Waals surface area contributed by atoms with Crippen molar-refractivity contribution in [1.29, 1.82) is 0 Å². The highest BCUT2D eigenvalue weighted by Crippen LogP contribution is 2.19.